The van der Waals surface area contributed by atoms with Gasteiger partial charge in [0.15, 0.2) is 17.5 Å². The number of benzene rings is 10. The van der Waals surface area contributed by atoms with Gasteiger partial charge >= 0.3 is 0 Å². The van der Waals surface area contributed by atoms with Gasteiger partial charge in [0.2, 0.25) is 0 Å². The summed E-state index contributed by atoms with van der Waals surface area (Å²) in [4.78, 5) is 15.3. The summed E-state index contributed by atoms with van der Waals surface area (Å²) in [5.74, 6) is 1.82. The number of hydrogen-bond donors (Lipinski definition) is 0. The molecule has 0 bridgehead atoms. The first-order chi connectivity index (χ1) is 30.7. The SMILES string of the molecule is c1ccc(-c2ccc3c(c2)c2c4ccccc4ccc2n3-c2ccc3c(c2)oc2cc(-c4nc(-c5ccc6ccccc6c5)nc(-c5ccc6ccccc6c5)n4)ccc23)cc1. The number of nitrogens with zero attached hydrogens (tertiary/aromatic N) is 4. The van der Waals surface area contributed by atoms with Gasteiger partial charge in [-0.1, -0.05) is 146 Å². The Balaban J connectivity index is 0.961. The van der Waals surface area contributed by atoms with E-state index in [9.17, 15) is 0 Å². The zero-order valence-corrected chi connectivity index (χ0v) is 33.3. The van der Waals surface area contributed by atoms with Crippen molar-refractivity contribution in [2.24, 2.45) is 0 Å². The molecule has 0 aliphatic rings. The Morgan fingerprint density at radius 3 is 1.52 bits per heavy atom. The molecule has 0 fully saturated rings. The van der Waals surface area contributed by atoms with Crippen molar-refractivity contribution >= 4 is 76.1 Å². The molecular formula is C57H34N4O. The zero-order valence-electron chi connectivity index (χ0n) is 33.3. The van der Waals surface area contributed by atoms with Crippen LogP contribution in [0.1, 0.15) is 0 Å². The van der Waals surface area contributed by atoms with Gasteiger partial charge in [0.1, 0.15) is 11.2 Å². The van der Waals surface area contributed by atoms with Gasteiger partial charge < -0.3 is 8.98 Å². The molecule has 0 unspecified atom stereocenters. The molecule has 62 heavy (non-hydrogen) atoms. The number of hydrogen-bond acceptors (Lipinski definition) is 4. The number of aromatic nitrogens is 4. The van der Waals surface area contributed by atoms with E-state index >= 15 is 0 Å². The lowest BCUT2D eigenvalue weighted by Crippen LogP contribution is -2.00. The average molecular weight is 791 g/mol. The maximum atomic E-state index is 6.77. The van der Waals surface area contributed by atoms with E-state index in [1.165, 1.54) is 43.4 Å². The van der Waals surface area contributed by atoms with Crippen LogP contribution in [0.5, 0.6) is 0 Å². The molecule has 0 amide bonds. The van der Waals surface area contributed by atoms with Crippen LogP contribution >= 0.6 is 0 Å². The van der Waals surface area contributed by atoms with E-state index in [0.717, 1.165) is 66.1 Å². The molecule has 288 valence electrons. The Hall–Kier alpha value is -8.41. The molecule has 0 atom stereocenters. The topological polar surface area (TPSA) is 56.7 Å². The molecule has 0 spiro atoms. The fourth-order valence-corrected chi connectivity index (χ4v) is 9.34. The number of fused-ring (bicyclic) bond motifs is 10. The molecule has 0 radical (unpaired) electrons. The second-order valence-electron chi connectivity index (χ2n) is 16.0. The van der Waals surface area contributed by atoms with Crippen molar-refractivity contribution in [3.63, 3.8) is 0 Å². The Morgan fingerprint density at radius 1 is 0.306 bits per heavy atom. The molecule has 3 heterocycles. The van der Waals surface area contributed by atoms with Gasteiger partial charge in [0.05, 0.1) is 11.0 Å². The third-order valence-electron chi connectivity index (χ3n) is 12.4. The first kappa shape index (κ1) is 34.5. The average Bonchev–Trinajstić information content (AvgIpc) is 3.88. The van der Waals surface area contributed by atoms with Crippen LogP contribution in [-0.2, 0) is 0 Å². The standard InChI is InChI=1S/C57H34N4O/c1-2-10-35(11-3-1)41-24-28-50-49(32-41)54-46-17-9-8-14-38(46)23-29-51(54)61(50)45-25-27-48-47-26-22-44(33-52(47)62-53(48)34-45)57-59-55(42-20-18-36-12-4-6-15-39(36)30-42)58-56(60-57)43-21-19-37-13-5-7-16-40(37)31-43/h1-34H. The lowest BCUT2D eigenvalue weighted by Gasteiger charge is -2.10. The van der Waals surface area contributed by atoms with E-state index in [4.69, 9.17) is 19.4 Å². The first-order valence-electron chi connectivity index (χ1n) is 20.9. The van der Waals surface area contributed by atoms with Crippen molar-refractivity contribution in [3.05, 3.63) is 206 Å². The van der Waals surface area contributed by atoms with Gasteiger partial charge in [0, 0.05) is 50.0 Å². The minimum absolute atomic E-state index is 0.585. The Kier molecular flexibility index (Phi) is 7.54. The van der Waals surface area contributed by atoms with Gasteiger partial charge in [-0.3, -0.25) is 0 Å². The summed E-state index contributed by atoms with van der Waals surface area (Å²) in [6, 6.07) is 72.9. The molecule has 0 saturated heterocycles. The Labute approximate surface area is 355 Å². The molecule has 3 aromatic heterocycles. The van der Waals surface area contributed by atoms with Crippen LogP contribution in [0.25, 0.3) is 127 Å². The molecule has 0 saturated carbocycles. The smallest absolute Gasteiger partial charge is 0.164 e. The lowest BCUT2D eigenvalue weighted by atomic mass is 10.0. The van der Waals surface area contributed by atoms with Crippen LogP contribution in [0.15, 0.2) is 211 Å². The minimum Gasteiger partial charge on any atom is -0.456 e. The molecule has 10 aromatic carbocycles. The summed E-state index contributed by atoms with van der Waals surface area (Å²) >= 11 is 0. The van der Waals surface area contributed by atoms with Gasteiger partial charge in [-0.05, 0) is 98.0 Å². The van der Waals surface area contributed by atoms with Crippen LogP contribution < -0.4 is 0 Å². The highest BCUT2D eigenvalue weighted by Crippen LogP contribution is 2.41. The van der Waals surface area contributed by atoms with E-state index in [1.807, 2.05) is 0 Å². The van der Waals surface area contributed by atoms with Gasteiger partial charge in [0.25, 0.3) is 0 Å². The van der Waals surface area contributed by atoms with E-state index in [0.29, 0.717) is 17.5 Å². The number of furan rings is 1. The van der Waals surface area contributed by atoms with Crippen molar-refractivity contribution in [2.45, 2.75) is 0 Å². The largest absolute Gasteiger partial charge is 0.456 e. The van der Waals surface area contributed by atoms with Crippen LogP contribution in [0.4, 0.5) is 0 Å². The van der Waals surface area contributed by atoms with Crippen molar-refractivity contribution in [2.75, 3.05) is 0 Å². The Morgan fingerprint density at radius 2 is 0.823 bits per heavy atom. The highest BCUT2D eigenvalue weighted by molar-refractivity contribution is 6.22. The molecule has 5 heteroatoms. The summed E-state index contributed by atoms with van der Waals surface area (Å²) in [6.45, 7) is 0. The normalized spacial score (nSPS) is 11.9. The lowest BCUT2D eigenvalue weighted by molar-refractivity contribution is 0.668. The van der Waals surface area contributed by atoms with E-state index < -0.39 is 0 Å². The molecule has 0 N–H and O–H groups in total. The zero-order chi connectivity index (χ0) is 40.7. The fourth-order valence-electron chi connectivity index (χ4n) is 9.34. The van der Waals surface area contributed by atoms with Crippen LogP contribution in [-0.4, -0.2) is 19.5 Å². The van der Waals surface area contributed by atoms with Crippen LogP contribution in [0, 0.1) is 0 Å². The summed E-state index contributed by atoms with van der Waals surface area (Å²) in [7, 11) is 0. The van der Waals surface area contributed by atoms with Gasteiger partial charge in [-0.15, -0.1) is 0 Å². The first-order valence-corrected chi connectivity index (χ1v) is 20.9. The Bertz CT molecular complexity index is 3840. The molecule has 0 aliphatic carbocycles. The van der Waals surface area contributed by atoms with Gasteiger partial charge in [-0.25, -0.2) is 15.0 Å². The quantitative estimate of drug-likeness (QED) is 0.174. The molecule has 5 nitrogen and oxygen atoms in total. The predicted molar refractivity (Wildman–Crippen MR) is 256 cm³/mol. The third kappa shape index (κ3) is 5.52. The molecule has 0 aliphatic heterocycles. The third-order valence-corrected chi connectivity index (χ3v) is 12.4. The molecular weight excluding hydrogens is 757 g/mol. The van der Waals surface area contributed by atoms with Crippen LogP contribution in [0.2, 0.25) is 0 Å². The summed E-state index contributed by atoms with van der Waals surface area (Å²) in [6.07, 6.45) is 0. The molecule has 13 aromatic rings. The maximum Gasteiger partial charge on any atom is 0.164 e. The van der Waals surface area contributed by atoms with E-state index in [1.54, 1.807) is 0 Å². The monoisotopic (exact) mass is 790 g/mol. The second kappa shape index (κ2) is 13.6. The van der Waals surface area contributed by atoms with E-state index in [2.05, 4.69) is 211 Å². The highest BCUT2D eigenvalue weighted by atomic mass is 16.3. The highest BCUT2D eigenvalue weighted by Gasteiger charge is 2.19. The van der Waals surface area contributed by atoms with Crippen molar-refractivity contribution in [1.29, 1.82) is 0 Å². The molecule has 13 rings (SSSR count). The van der Waals surface area contributed by atoms with Gasteiger partial charge in [-0.2, -0.15) is 0 Å². The summed E-state index contributed by atoms with van der Waals surface area (Å²) in [5.41, 5.74) is 10.0. The van der Waals surface area contributed by atoms with Crippen molar-refractivity contribution in [3.8, 4) is 51.0 Å². The second-order valence-corrected chi connectivity index (χ2v) is 16.0. The minimum atomic E-state index is 0.585. The maximum absolute atomic E-state index is 6.77. The predicted octanol–water partition coefficient (Wildman–Crippen LogP) is 15.0. The van der Waals surface area contributed by atoms with Crippen molar-refractivity contribution < 1.29 is 4.42 Å². The number of rotatable bonds is 5. The van der Waals surface area contributed by atoms with E-state index in [-0.39, 0.29) is 0 Å². The fraction of sp³-hybridized carbons (Fsp3) is 0. The summed E-state index contributed by atoms with van der Waals surface area (Å²) in [5, 5.41) is 11.6. The van der Waals surface area contributed by atoms with Crippen LogP contribution in [0.3, 0.4) is 0 Å². The van der Waals surface area contributed by atoms with Crippen molar-refractivity contribution in [1.82, 2.24) is 19.5 Å². The summed E-state index contributed by atoms with van der Waals surface area (Å²) < 4.78 is 9.14.